The Kier molecular flexibility index (Phi) is 6.29. The van der Waals surface area contributed by atoms with E-state index in [-0.39, 0.29) is 23.6 Å². The van der Waals surface area contributed by atoms with Crippen molar-refractivity contribution in [3.8, 4) is 5.75 Å². The molecule has 4 unspecified atom stereocenters. The molecule has 0 heterocycles. The molecule has 4 aliphatic carbocycles. The van der Waals surface area contributed by atoms with Crippen LogP contribution in [0, 0.1) is 22.7 Å². The molecule has 1 aromatic rings. The molecule has 0 saturated heterocycles. The molecule has 0 aliphatic heterocycles. The molecule has 6 heteroatoms. The number of phenolic OH excluding ortho intramolecular Hbond substituents is 1. The summed E-state index contributed by atoms with van der Waals surface area (Å²) >= 11 is 0. The Bertz CT molecular complexity index is 921. The minimum Gasteiger partial charge on any atom is -0.508 e. The van der Waals surface area contributed by atoms with Crippen LogP contribution in [-0.4, -0.2) is 40.5 Å². The van der Waals surface area contributed by atoms with Crippen molar-refractivity contribution in [2.24, 2.45) is 22.7 Å². The van der Waals surface area contributed by atoms with Crippen LogP contribution in [0.2, 0.25) is 0 Å². The molecule has 34 heavy (non-hydrogen) atoms. The van der Waals surface area contributed by atoms with E-state index in [1.165, 1.54) is 7.11 Å². The van der Waals surface area contributed by atoms with Gasteiger partial charge in [-0.15, -0.1) is 0 Å². The van der Waals surface area contributed by atoms with E-state index >= 15 is 0 Å². The number of hydrogen-bond acceptors (Lipinski definition) is 6. The third-order valence-corrected chi connectivity index (χ3v) is 8.57. The van der Waals surface area contributed by atoms with Gasteiger partial charge in [0.25, 0.3) is 0 Å². The summed E-state index contributed by atoms with van der Waals surface area (Å²) in [5.41, 5.74) is -2.10. The second kappa shape index (κ2) is 8.54. The minimum absolute atomic E-state index is 0.00661. The molecule has 0 spiro atoms. The normalized spacial score (nSPS) is 32.6. The Balaban J connectivity index is 1.60. The SMILES string of the molecule is COC(=O)C(C)(C)CC(C)(CC(C)c1ccc(O)cc1)C(=O)OC12CC3CC(CC(O)(C3)C1)C2. The van der Waals surface area contributed by atoms with Gasteiger partial charge in [-0.05, 0) is 101 Å². The topological polar surface area (TPSA) is 93.1 Å². The average molecular weight is 473 g/mol. The Labute approximate surface area is 203 Å². The summed E-state index contributed by atoms with van der Waals surface area (Å²) in [5, 5.41) is 20.8. The van der Waals surface area contributed by atoms with Crippen LogP contribution in [0.15, 0.2) is 24.3 Å². The number of carbonyl (C=O) groups excluding carboxylic acids is 2. The molecule has 0 amide bonds. The number of esters is 2. The van der Waals surface area contributed by atoms with Gasteiger partial charge >= 0.3 is 11.9 Å². The van der Waals surface area contributed by atoms with E-state index in [4.69, 9.17) is 9.47 Å². The van der Waals surface area contributed by atoms with Gasteiger partial charge in [-0.1, -0.05) is 19.1 Å². The zero-order valence-electron chi connectivity index (χ0n) is 21.2. The fraction of sp³-hybridized carbons (Fsp3) is 0.714. The third-order valence-electron chi connectivity index (χ3n) is 8.57. The standard InChI is InChI=1S/C28H40O6/c1-18(21-6-8-22(29)9-7-21)11-26(4,16-25(2,3)23(30)33-5)24(31)34-28-14-19-10-20(15-28)13-27(32,12-19)17-28/h6-9,18-20,29,32H,10-17H2,1-5H3. The summed E-state index contributed by atoms with van der Waals surface area (Å²) in [7, 11) is 1.37. The van der Waals surface area contributed by atoms with Gasteiger partial charge in [-0.25, -0.2) is 0 Å². The fourth-order valence-corrected chi connectivity index (χ4v) is 7.72. The van der Waals surface area contributed by atoms with Crippen LogP contribution in [0.1, 0.15) is 90.5 Å². The summed E-state index contributed by atoms with van der Waals surface area (Å²) in [6.45, 7) is 7.56. The van der Waals surface area contributed by atoms with E-state index < -0.39 is 22.0 Å². The highest BCUT2D eigenvalue weighted by molar-refractivity contribution is 5.80. The molecule has 4 bridgehead atoms. The first-order valence-corrected chi connectivity index (χ1v) is 12.6. The summed E-state index contributed by atoms with van der Waals surface area (Å²) < 4.78 is 11.4. The van der Waals surface area contributed by atoms with Gasteiger partial charge in [0.1, 0.15) is 11.4 Å². The predicted octanol–water partition coefficient (Wildman–Crippen LogP) is 5.11. The molecule has 4 saturated carbocycles. The zero-order chi connectivity index (χ0) is 24.9. The zero-order valence-corrected chi connectivity index (χ0v) is 21.2. The summed E-state index contributed by atoms with van der Waals surface area (Å²) in [4.78, 5) is 26.5. The quantitative estimate of drug-likeness (QED) is 0.511. The van der Waals surface area contributed by atoms with Crippen molar-refractivity contribution in [2.75, 3.05) is 7.11 Å². The van der Waals surface area contributed by atoms with E-state index in [9.17, 15) is 19.8 Å². The predicted molar refractivity (Wildman–Crippen MR) is 128 cm³/mol. The van der Waals surface area contributed by atoms with Crippen molar-refractivity contribution < 1.29 is 29.3 Å². The van der Waals surface area contributed by atoms with Crippen molar-refractivity contribution in [1.82, 2.24) is 0 Å². The molecule has 4 fully saturated rings. The number of hydrogen-bond donors (Lipinski definition) is 2. The van der Waals surface area contributed by atoms with Gasteiger partial charge in [0.05, 0.1) is 23.5 Å². The van der Waals surface area contributed by atoms with Crippen LogP contribution in [0.4, 0.5) is 0 Å². The van der Waals surface area contributed by atoms with Crippen LogP contribution in [0.25, 0.3) is 0 Å². The first-order valence-electron chi connectivity index (χ1n) is 12.6. The molecular formula is C28H40O6. The van der Waals surface area contributed by atoms with Gasteiger partial charge in [0.2, 0.25) is 0 Å². The molecule has 0 aromatic heterocycles. The smallest absolute Gasteiger partial charge is 0.312 e. The highest BCUT2D eigenvalue weighted by Gasteiger charge is 2.60. The van der Waals surface area contributed by atoms with Crippen LogP contribution < -0.4 is 0 Å². The Morgan fingerprint density at radius 2 is 1.65 bits per heavy atom. The van der Waals surface area contributed by atoms with Crippen molar-refractivity contribution in [2.45, 2.75) is 96.2 Å². The summed E-state index contributed by atoms with van der Waals surface area (Å²) in [6, 6.07) is 7.03. The number of aromatic hydroxyl groups is 1. The van der Waals surface area contributed by atoms with E-state index in [1.54, 1.807) is 12.1 Å². The van der Waals surface area contributed by atoms with Gasteiger partial charge in [-0.2, -0.15) is 0 Å². The van der Waals surface area contributed by atoms with E-state index in [0.717, 1.165) is 37.7 Å². The summed E-state index contributed by atoms with van der Waals surface area (Å²) in [5.74, 6) is 0.380. The number of aliphatic hydroxyl groups is 1. The van der Waals surface area contributed by atoms with Crippen LogP contribution in [-0.2, 0) is 19.1 Å². The molecule has 1 aromatic carbocycles. The molecule has 0 radical (unpaired) electrons. The van der Waals surface area contributed by atoms with Gasteiger partial charge in [-0.3, -0.25) is 9.59 Å². The number of methoxy groups -OCH3 is 1. The van der Waals surface area contributed by atoms with Gasteiger partial charge in [0.15, 0.2) is 0 Å². The average Bonchev–Trinajstić information content (AvgIpc) is 2.70. The molecule has 4 atom stereocenters. The van der Waals surface area contributed by atoms with Crippen molar-refractivity contribution in [3.05, 3.63) is 29.8 Å². The molecule has 6 nitrogen and oxygen atoms in total. The first-order chi connectivity index (χ1) is 15.8. The summed E-state index contributed by atoms with van der Waals surface area (Å²) in [6.07, 6.45) is 5.68. The Hall–Kier alpha value is -2.08. The lowest BCUT2D eigenvalue weighted by Gasteiger charge is -2.59. The lowest BCUT2D eigenvalue weighted by atomic mass is 9.52. The largest absolute Gasteiger partial charge is 0.508 e. The second-order valence-electron chi connectivity index (χ2n) is 12.6. The van der Waals surface area contributed by atoms with E-state index in [1.807, 2.05) is 32.9 Å². The van der Waals surface area contributed by atoms with Crippen LogP contribution in [0.3, 0.4) is 0 Å². The molecular weight excluding hydrogens is 432 g/mol. The fourth-order valence-electron chi connectivity index (χ4n) is 7.72. The number of rotatable bonds is 8. The Morgan fingerprint density at radius 3 is 2.18 bits per heavy atom. The second-order valence-corrected chi connectivity index (χ2v) is 12.6. The maximum atomic E-state index is 14.0. The van der Waals surface area contributed by atoms with Crippen LogP contribution >= 0.6 is 0 Å². The van der Waals surface area contributed by atoms with Gasteiger partial charge < -0.3 is 19.7 Å². The minimum atomic E-state index is -0.930. The Morgan fingerprint density at radius 1 is 1.06 bits per heavy atom. The van der Waals surface area contributed by atoms with Crippen molar-refractivity contribution in [1.29, 1.82) is 0 Å². The molecule has 5 rings (SSSR count). The highest BCUT2D eigenvalue weighted by atomic mass is 16.6. The van der Waals surface area contributed by atoms with Gasteiger partial charge in [0, 0.05) is 6.42 Å². The number of ether oxygens (including phenoxy) is 2. The van der Waals surface area contributed by atoms with E-state index in [2.05, 4.69) is 6.92 Å². The highest BCUT2D eigenvalue weighted by Crippen LogP contribution is 2.59. The number of phenols is 1. The number of benzene rings is 1. The lowest BCUT2D eigenvalue weighted by Crippen LogP contribution is -2.61. The van der Waals surface area contributed by atoms with Crippen LogP contribution in [0.5, 0.6) is 5.75 Å². The molecule has 4 aliphatic rings. The molecule has 2 N–H and O–H groups in total. The lowest BCUT2D eigenvalue weighted by molar-refractivity contribution is -0.227. The van der Waals surface area contributed by atoms with E-state index in [0.29, 0.717) is 31.1 Å². The number of carbonyl (C=O) groups is 2. The third kappa shape index (κ3) is 4.84. The molecule has 188 valence electrons. The van der Waals surface area contributed by atoms with Crippen molar-refractivity contribution in [3.63, 3.8) is 0 Å². The monoisotopic (exact) mass is 472 g/mol. The maximum Gasteiger partial charge on any atom is 0.312 e. The maximum absolute atomic E-state index is 14.0. The van der Waals surface area contributed by atoms with Crippen molar-refractivity contribution >= 4 is 11.9 Å². The first kappa shape index (κ1) is 25.0.